The van der Waals surface area contributed by atoms with Crippen LogP contribution in [0.15, 0.2) is 28.1 Å². The van der Waals surface area contributed by atoms with Crippen molar-refractivity contribution < 1.29 is 9.90 Å². The standard InChI is InChI=1S/C11H8BrNO2S/c1-6-3-2-4-7(5-6)10-13-8(11(14)15)9(12)16-10/h2-5H,1H3,(H,14,15). The van der Waals surface area contributed by atoms with E-state index in [1.54, 1.807) is 0 Å². The first-order valence-corrected chi connectivity index (χ1v) is 6.15. The smallest absolute Gasteiger partial charge is 0.356 e. The van der Waals surface area contributed by atoms with Crippen LogP contribution >= 0.6 is 27.3 Å². The highest BCUT2D eigenvalue weighted by Gasteiger charge is 2.16. The van der Waals surface area contributed by atoms with Crippen LogP contribution in [0.3, 0.4) is 0 Å². The second kappa shape index (κ2) is 4.35. The Morgan fingerprint density at radius 2 is 2.25 bits per heavy atom. The van der Waals surface area contributed by atoms with Gasteiger partial charge in [-0.15, -0.1) is 11.3 Å². The monoisotopic (exact) mass is 297 g/mol. The van der Waals surface area contributed by atoms with Crippen LogP contribution in [-0.2, 0) is 0 Å². The molecule has 0 unspecified atom stereocenters. The molecule has 1 N–H and O–H groups in total. The number of hydrogen-bond donors (Lipinski definition) is 1. The van der Waals surface area contributed by atoms with E-state index in [1.807, 2.05) is 31.2 Å². The number of thiazole rings is 1. The summed E-state index contributed by atoms with van der Waals surface area (Å²) in [7, 11) is 0. The number of carboxylic acids is 1. The van der Waals surface area contributed by atoms with Crippen LogP contribution < -0.4 is 0 Å². The lowest BCUT2D eigenvalue weighted by Crippen LogP contribution is -1.96. The lowest BCUT2D eigenvalue weighted by atomic mass is 10.1. The fourth-order valence-corrected chi connectivity index (χ4v) is 2.83. The van der Waals surface area contributed by atoms with Crippen molar-refractivity contribution in [2.75, 3.05) is 0 Å². The Balaban J connectivity index is 2.49. The second-order valence-electron chi connectivity index (χ2n) is 3.32. The Labute approximate surface area is 105 Å². The molecule has 0 saturated heterocycles. The van der Waals surface area contributed by atoms with Gasteiger partial charge in [0.15, 0.2) is 5.69 Å². The number of aromatic nitrogens is 1. The Kier molecular flexibility index (Phi) is 3.07. The zero-order valence-corrected chi connectivity index (χ0v) is 10.8. The minimum atomic E-state index is -1.01. The first-order chi connectivity index (χ1) is 7.58. The molecule has 5 heteroatoms. The molecule has 2 aromatic rings. The van der Waals surface area contributed by atoms with Crippen LogP contribution in [0.5, 0.6) is 0 Å². The number of benzene rings is 1. The molecule has 0 amide bonds. The molecule has 0 aliphatic carbocycles. The van der Waals surface area contributed by atoms with Crippen LogP contribution in [0.25, 0.3) is 10.6 Å². The van der Waals surface area contributed by atoms with Crippen molar-refractivity contribution in [2.24, 2.45) is 0 Å². The average Bonchev–Trinajstić information content (AvgIpc) is 2.60. The van der Waals surface area contributed by atoms with Crippen LogP contribution in [0.2, 0.25) is 0 Å². The molecule has 1 aromatic heterocycles. The second-order valence-corrected chi connectivity index (χ2v) is 5.63. The maximum Gasteiger partial charge on any atom is 0.356 e. The van der Waals surface area contributed by atoms with Crippen molar-refractivity contribution in [3.05, 3.63) is 39.3 Å². The van der Waals surface area contributed by atoms with Crippen LogP contribution in [0.1, 0.15) is 16.1 Å². The summed E-state index contributed by atoms with van der Waals surface area (Å²) in [5, 5.41) is 9.61. The third kappa shape index (κ3) is 2.15. The molecule has 2 rings (SSSR count). The number of nitrogens with zero attached hydrogens (tertiary/aromatic N) is 1. The predicted octanol–water partition coefficient (Wildman–Crippen LogP) is 3.58. The summed E-state index contributed by atoms with van der Waals surface area (Å²) in [6.45, 7) is 1.99. The van der Waals surface area contributed by atoms with E-state index in [2.05, 4.69) is 20.9 Å². The van der Waals surface area contributed by atoms with E-state index in [-0.39, 0.29) is 5.69 Å². The van der Waals surface area contributed by atoms with Gasteiger partial charge in [-0.25, -0.2) is 9.78 Å². The fraction of sp³-hybridized carbons (Fsp3) is 0.0909. The molecule has 1 heterocycles. The third-order valence-corrected chi connectivity index (χ3v) is 3.81. The number of carboxylic acid groups (broad SMARTS) is 1. The van der Waals surface area contributed by atoms with Crippen molar-refractivity contribution >= 4 is 33.2 Å². The molecular formula is C11H8BrNO2S. The molecule has 3 nitrogen and oxygen atoms in total. The van der Waals surface area contributed by atoms with Gasteiger partial charge in [-0.05, 0) is 28.9 Å². The van der Waals surface area contributed by atoms with Gasteiger partial charge in [0.25, 0.3) is 0 Å². The number of carbonyl (C=O) groups is 1. The molecule has 0 aliphatic rings. The highest BCUT2D eigenvalue weighted by Crippen LogP contribution is 2.32. The molecule has 0 bridgehead atoms. The molecule has 0 spiro atoms. The minimum Gasteiger partial charge on any atom is -0.476 e. The molecule has 0 atom stereocenters. The first kappa shape index (κ1) is 11.3. The summed E-state index contributed by atoms with van der Waals surface area (Å²) in [5.41, 5.74) is 2.14. The normalized spacial score (nSPS) is 10.4. The minimum absolute atomic E-state index is 0.0708. The summed E-state index contributed by atoms with van der Waals surface area (Å²) in [4.78, 5) is 14.9. The van der Waals surface area contributed by atoms with Crippen LogP contribution in [-0.4, -0.2) is 16.1 Å². The van der Waals surface area contributed by atoms with Gasteiger partial charge in [0, 0.05) is 5.56 Å². The molecule has 82 valence electrons. The highest BCUT2D eigenvalue weighted by atomic mass is 79.9. The summed E-state index contributed by atoms with van der Waals surface area (Å²) < 4.78 is 0.552. The van der Waals surface area contributed by atoms with E-state index in [9.17, 15) is 4.79 Å². The van der Waals surface area contributed by atoms with Gasteiger partial charge in [0.05, 0.1) is 0 Å². The number of halogens is 1. The third-order valence-electron chi connectivity index (χ3n) is 2.05. The molecule has 16 heavy (non-hydrogen) atoms. The van der Waals surface area contributed by atoms with Crippen molar-refractivity contribution in [1.82, 2.24) is 4.98 Å². The van der Waals surface area contributed by atoms with Crippen molar-refractivity contribution in [1.29, 1.82) is 0 Å². The first-order valence-electron chi connectivity index (χ1n) is 4.54. The molecule has 0 aliphatic heterocycles. The highest BCUT2D eigenvalue weighted by molar-refractivity contribution is 9.11. The van der Waals surface area contributed by atoms with Gasteiger partial charge < -0.3 is 5.11 Å². The van der Waals surface area contributed by atoms with Crippen LogP contribution in [0, 0.1) is 6.92 Å². The van der Waals surface area contributed by atoms with Gasteiger partial charge in [-0.1, -0.05) is 23.8 Å². The summed E-state index contributed by atoms with van der Waals surface area (Å²) in [6, 6.07) is 7.82. The van der Waals surface area contributed by atoms with E-state index in [0.29, 0.717) is 8.79 Å². The largest absolute Gasteiger partial charge is 0.476 e. The topological polar surface area (TPSA) is 50.2 Å². The zero-order chi connectivity index (χ0) is 11.7. The SMILES string of the molecule is Cc1cccc(-c2nc(C(=O)O)c(Br)s2)c1. The number of aromatic carboxylic acids is 1. The van der Waals surface area contributed by atoms with Crippen molar-refractivity contribution in [3.63, 3.8) is 0 Å². The van der Waals surface area contributed by atoms with E-state index >= 15 is 0 Å². The molecule has 0 radical (unpaired) electrons. The number of rotatable bonds is 2. The van der Waals surface area contributed by atoms with Gasteiger partial charge in [0.2, 0.25) is 0 Å². The van der Waals surface area contributed by atoms with Crippen LogP contribution in [0.4, 0.5) is 0 Å². The van der Waals surface area contributed by atoms with E-state index in [0.717, 1.165) is 11.1 Å². The Bertz CT molecular complexity index is 551. The summed E-state index contributed by atoms with van der Waals surface area (Å²) in [5.74, 6) is -1.01. The summed E-state index contributed by atoms with van der Waals surface area (Å²) >= 11 is 4.54. The Hall–Kier alpha value is -1.20. The van der Waals surface area contributed by atoms with Crippen molar-refractivity contribution in [2.45, 2.75) is 6.92 Å². The molecule has 1 aromatic carbocycles. The average molecular weight is 298 g/mol. The number of hydrogen-bond acceptors (Lipinski definition) is 3. The predicted molar refractivity (Wildman–Crippen MR) is 66.9 cm³/mol. The lowest BCUT2D eigenvalue weighted by Gasteiger charge is -1.96. The molecular weight excluding hydrogens is 290 g/mol. The summed E-state index contributed by atoms with van der Waals surface area (Å²) in [6.07, 6.45) is 0. The lowest BCUT2D eigenvalue weighted by molar-refractivity contribution is 0.0690. The Morgan fingerprint density at radius 3 is 2.81 bits per heavy atom. The van der Waals surface area contributed by atoms with Crippen molar-refractivity contribution in [3.8, 4) is 10.6 Å². The van der Waals surface area contributed by atoms with E-state index in [4.69, 9.17) is 5.11 Å². The quantitative estimate of drug-likeness (QED) is 0.922. The molecule has 0 saturated carbocycles. The number of aryl methyl sites for hydroxylation is 1. The van der Waals surface area contributed by atoms with E-state index < -0.39 is 5.97 Å². The maximum atomic E-state index is 10.8. The van der Waals surface area contributed by atoms with Gasteiger partial charge >= 0.3 is 5.97 Å². The maximum absolute atomic E-state index is 10.8. The fourth-order valence-electron chi connectivity index (χ4n) is 1.33. The Morgan fingerprint density at radius 1 is 1.50 bits per heavy atom. The molecule has 0 fully saturated rings. The van der Waals surface area contributed by atoms with Gasteiger partial charge in [-0.3, -0.25) is 0 Å². The zero-order valence-electron chi connectivity index (χ0n) is 8.40. The van der Waals surface area contributed by atoms with Gasteiger partial charge in [-0.2, -0.15) is 0 Å². The van der Waals surface area contributed by atoms with E-state index in [1.165, 1.54) is 11.3 Å². The van der Waals surface area contributed by atoms with Gasteiger partial charge in [0.1, 0.15) is 8.79 Å².